The SMILES string of the molecule is COCC(=O)c1ccc(C(=O)c2ccc(C(=O)COC)cc2)cc1. The Morgan fingerprint density at radius 1 is 0.625 bits per heavy atom. The molecular weight excluding hydrogens is 308 g/mol. The molecule has 0 spiro atoms. The van der Waals surface area contributed by atoms with Crippen LogP contribution in [-0.4, -0.2) is 44.8 Å². The number of ketones is 3. The van der Waals surface area contributed by atoms with E-state index >= 15 is 0 Å². The zero-order valence-corrected chi connectivity index (χ0v) is 13.6. The van der Waals surface area contributed by atoms with E-state index in [9.17, 15) is 14.4 Å². The molecule has 0 saturated carbocycles. The fraction of sp³-hybridized carbons (Fsp3) is 0.211. The topological polar surface area (TPSA) is 69.7 Å². The van der Waals surface area contributed by atoms with Crippen LogP contribution in [0.25, 0.3) is 0 Å². The predicted molar refractivity (Wildman–Crippen MR) is 88.7 cm³/mol. The van der Waals surface area contributed by atoms with Crippen molar-refractivity contribution < 1.29 is 23.9 Å². The van der Waals surface area contributed by atoms with E-state index in [2.05, 4.69) is 0 Å². The Bertz CT molecular complexity index is 666. The van der Waals surface area contributed by atoms with Gasteiger partial charge in [0.15, 0.2) is 17.3 Å². The fourth-order valence-electron chi connectivity index (χ4n) is 2.21. The summed E-state index contributed by atoms with van der Waals surface area (Å²) in [6.07, 6.45) is 0. The summed E-state index contributed by atoms with van der Waals surface area (Å²) in [5.74, 6) is -0.457. The van der Waals surface area contributed by atoms with Crippen molar-refractivity contribution in [2.45, 2.75) is 0 Å². The van der Waals surface area contributed by atoms with Crippen molar-refractivity contribution >= 4 is 17.3 Å². The lowest BCUT2D eigenvalue weighted by atomic mass is 9.99. The second kappa shape index (κ2) is 8.29. The first-order chi connectivity index (χ1) is 11.6. The summed E-state index contributed by atoms with van der Waals surface area (Å²) >= 11 is 0. The molecule has 0 bridgehead atoms. The van der Waals surface area contributed by atoms with Crippen molar-refractivity contribution in [3.05, 3.63) is 70.8 Å². The number of benzene rings is 2. The fourth-order valence-corrected chi connectivity index (χ4v) is 2.21. The first-order valence-corrected chi connectivity index (χ1v) is 7.36. The van der Waals surface area contributed by atoms with Gasteiger partial charge in [0, 0.05) is 36.5 Å². The molecule has 0 aromatic heterocycles. The van der Waals surface area contributed by atoms with Crippen LogP contribution in [0.4, 0.5) is 0 Å². The van der Waals surface area contributed by atoms with Crippen molar-refractivity contribution in [1.82, 2.24) is 0 Å². The van der Waals surface area contributed by atoms with Crippen LogP contribution in [0.3, 0.4) is 0 Å². The molecule has 2 rings (SSSR count). The van der Waals surface area contributed by atoms with E-state index in [1.165, 1.54) is 14.2 Å². The maximum absolute atomic E-state index is 12.4. The normalized spacial score (nSPS) is 10.4. The van der Waals surface area contributed by atoms with E-state index in [0.29, 0.717) is 22.3 Å². The molecule has 0 N–H and O–H groups in total. The summed E-state index contributed by atoms with van der Waals surface area (Å²) in [7, 11) is 2.91. The number of hydrogen-bond donors (Lipinski definition) is 0. The van der Waals surface area contributed by atoms with E-state index in [-0.39, 0.29) is 30.6 Å². The Hall–Kier alpha value is -2.63. The molecule has 0 aliphatic heterocycles. The van der Waals surface area contributed by atoms with Gasteiger partial charge >= 0.3 is 0 Å². The largest absolute Gasteiger partial charge is 0.377 e. The van der Waals surface area contributed by atoms with Gasteiger partial charge in [0.1, 0.15) is 13.2 Å². The quantitative estimate of drug-likeness (QED) is 0.697. The Labute approximate surface area is 140 Å². The van der Waals surface area contributed by atoms with Gasteiger partial charge in [-0.05, 0) is 0 Å². The number of carbonyl (C=O) groups excluding carboxylic acids is 3. The highest BCUT2D eigenvalue weighted by Gasteiger charge is 2.12. The molecule has 0 heterocycles. The van der Waals surface area contributed by atoms with Gasteiger partial charge in [-0.3, -0.25) is 14.4 Å². The predicted octanol–water partition coefficient (Wildman–Crippen LogP) is 2.58. The first kappa shape index (κ1) is 17.7. The molecule has 124 valence electrons. The van der Waals surface area contributed by atoms with E-state index in [1.54, 1.807) is 48.5 Å². The van der Waals surface area contributed by atoms with Crippen molar-refractivity contribution in [2.75, 3.05) is 27.4 Å². The van der Waals surface area contributed by atoms with Crippen LogP contribution < -0.4 is 0 Å². The molecule has 0 aliphatic carbocycles. The lowest BCUT2D eigenvalue weighted by Crippen LogP contribution is -2.09. The minimum atomic E-state index is -0.175. The molecule has 0 unspecified atom stereocenters. The standard InChI is InChI=1S/C19H18O5/c1-23-11-17(20)13-3-7-15(8-4-13)19(22)16-9-5-14(6-10-16)18(21)12-24-2/h3-10H,11-12H2,1-2H3. The summed E-state index contributed by atoms with van der Waals surface area (Å²) in [5.41, 5.74) is 1.93. The molecule has 0 fully saturated rings. The van der Waals surface area contributed by atoms with E-state index in [4.69, 9.17) is 9.47 Å². The van der Waals surface area contributed by atoms with Gasteiger partial charge < -0.3 is 9.47 Å². The van der Waals surface area contributed by atoms with Crippen LogP contribution in [0.5, 0.6) is 0 Å². The molecule has 0 amide bonds. The van der Waals surface area contributed by atoms with Crippen LogP contribution in [0.2, 0.25) is 0 Å². The molecule has 2 aromatic carbocycles. The lowest BCUT2D eigenvalue weighted by molar-refractivity contribution is 0.0842. The summed E-state index contributed by atoms with van der Waals surface area (Å²) in [6.45, 7) is 0.00845. The minimum Gasteiger partial charge on any atom is -0.377 e. The molecule has 0 aliphatic rings. The molecule has 0 radical (unpaired) electrons. The number of hydrogen-bond acceptors (Lipinski definition) is 5. The maximum Gasteiger partial charge on any atom is 0.193 e. The lowest BCUT2D eigenvalue weighted by Gasteiger charge is -2.05. The van der Waals surface area contributed by atoms with E-state index in [1.807, 2.05) is 0 Å². The number of Topliss-reactive ketones (excluding diaryl/α,β-unsaturated/α-hetero) is 2. The maximum atomic E-state index is 12.4. The Morgan fingerprint density at radius 2 is 0.917 bits per heavy atom. The van der Waals surface area contributed by atoms with Gasteiger partial charge in [-0.1, -0.05) is 48.5 Å². The van der Waals surface area contributed by atoms with Crippen molar-refractivity contribution in [2.24, 2.45) is 0 Å². The van der Waals surface area contributed by atoms with Crippen LogP contribution in [0.15, 0.2) is 48.5 Å². The summed E-state index contributed by atoms with van der Waals surface area (Å²) < 4.78 is 9.60. The summed E-state index contributed by atoms with van der Waals surface area (Å²) in [4.78, 5) is 35.8. The van der Waals surface area contributed by atoms with Gasteiger partial charge in [0.05, 0.1) is 0 Å². The smallest absolute Gasteiger partial charge is 0.193 e. The number of rotatable bonds is 8. The molecule has 0 saturated heterocycles. The van der Waals surface area contributed by atoms with Crippen molar-refractivity contribution in [1.29, 1.82) is 0 Å². The van der Waals surface area contributed by atoms with Crippen LogP contribution in [-0.2, 0) is 9.47 Å². The molecule has 5 heteroatoms. The van der Waals surface area contributed by atoms with Crippen molar-refractivity contribution in [3.8, 4) is 0 Å². The zero-order chi connectivity index (χ0) is 17.5. The van der Waals surface area contributed by atoms with E-state index in [0.717, 1.165) is 0 Å². The van der Waals surface area contributed by atoms with E-state index < -0.39 is 0 Å². The molecule has 5 nitrogen and oxygen atoms in total. The molecular formula is C19H18O5. The Balaban J connectivity index is 2.14. The van der Waals surface area contributed by atoms with Gasteiger partial charge in [0.2, 0.25) is 0 Å². The average molecular weight is 326 g/mol. The van der Waals surface area contributed by atoms with Crippen LogP contribution >= 0.6 is 0 Å². The van der Waals surface area contributed by atoms with Crippen LogP contribution in [0, 0.1) is 0 Å². The average Bonchev–Trinajstić information content (AvgIpc) is 2.62. The summed E-state index contributed by atoms with van der Waals surface area (Å²) in [5, 5.41) is 0. The minimum absolute atomic E-state index is 0.00422. The Morgan fingerprint density at radius 3 is 1.21 bits per heavy atom. The zero-order valence-electron chi connectivity index (χ0n) is 13.6. The van der Waals surface area contributed by atoms with Gasteiger partial charge in [-0.25, -0.2) is 0 Å². The molecule has 0 atom stereocenters. The third-order valence-corrected chi connectivity index (χ3v) is 3.49. The highest BCUT2D eigenvalue weighted by molar-refractivity contribution is 6.10. The second-order valence-electron chi connectivity index (χ2n) is 5.20. The third kappa shape index (κ3) is 4.22. The van der Waals surface area contributed by atoms with Gasteiger partial charge in [0.25, 0.3) is 0 Å². The highest BCUT2D eigenvalue weighted by atomic mass is 16.5. The highest BCUT2D eigenvalue weighted by Crippen LogP contribution is 2.13. The number of methoxy groups -OCH3 is 2. The van der Waals surface area contributed by atoms with Gasteiger partial charge in [-0.2, -0.15) is 0 Å². The number of ether oxygens (including phenoxy) is 2. The Kier molecular flexibility index (Phi) is 6.12. The van der Waals surface area contributed by atoms with Gasteiger partial charge in [-0.15, -0.1) is 0 Å². The monoisotopic (exact) mass is 326 g/mol. The first-order valence-electron chi connectivity index (χ1n) is 7.36. The van der Waals surface area contributed by atoms with Crippen molar-refractivity contribution in [3.63, 3.8) is 0 Å². The van der Waals surface area contributed by atoms with Crippen LogP contribution in [0.1, 0.15) is 36.6 Å². The second-order valence-corrected chi connectivity index (χ2v) is 5.20. The number of carbonyl (C=O) groups is 3. The third-order valence-electron chi connectivity index (χ3n) is 3.49. The summed E-state index contributed by atoms with van der Waals surface area (Å²) in [6, 6.07) is 12.8. The molecule has 24 heavy (non-hydrogen) atoms. The molecule has 2 aromatic rings.